The first-order valence-corrected chi connectivity index (χ1v) is 9.36. The Kier molecular flexibility index (Phi) is 3.39. The summed E-state index contributed by atoms with van der Waals surface area (Å²) in [6.07, 6.45) is 2.49. The maximum atomic E-state index is 12.5. The maximum absolute atomic E-state index is 12.5. The molecule has 0 aromatic carbocycles. The summed E-state index contributed by atoms with van der Waals surface area (Å²) in [5, 5.41) is 4.11. The highest BCUT2D eigenvalue weighted by Crippen LogP contribution is 2.35. The largest absolute Gasteiger partial charge is 0.335 e. The number of nitrogens with zero attached hydrogens (tertiary/aromatic N) is 1. The zero-order valence-corrected chi connectivity index (χ0v) is 12.3. The fourth-order valence-corrected chi connectivity index (χ4v) is 5.51. The lowest BCUT2D eigenvalue weighted by molar-refractivity contribution is -0.135. The molecule has 1 amide bonds. The Labute approximate surface area is 117 Å². The first-order chi connectivity index (χ1) is 9.07. The lowest BCUT2D eigenvalue weighted by Crippen LogP contribution is -2.36. The number of amides is 1. The number of likely N-dealkylation sites (tertiary alicyclic amines) is 1. The van der Waals surface area contributed by atoms with Crippen LogP contribution in [0.2, 0.25) is 0 Å². The van der Waals surface area contributed by atoms with Crippen molar-refractivity contribution < 1.29 is 13.2 Å². The van der Waals surface area contributed by atoms with Crippen molar-refractivity contribution in [3.8, 4) is 0 Å². The number of carbonyl (C=O) groups excluding carboxylic acids is 1. The van der Waals surface area contributed by atoms with E-state index in [1.165, 1.54) is 5.56 Å². The first kappa shape index (κ1) is 13.1. The lowest BCUT2D eigenvalue weighted by atomic mass is 10.0. The summed E-state index contributed by atoms with van der Waals surface area (Å²) in [7, 11) is -2.99. The van der Waals surface area contributed by atoms with Crippen molar-refractivity contribution >= 4 is 27.1 Å². The molecule has 0 bridgehead atoms. The van der Waals surface area contributed by atoms with Gasteiger partial charge in [0.1, 0.15) is 0 Å². The number of rotatable bonds is 2. The van der Waals surface area contributed by atoms with E-state index in [4.69, 9.17) is 0 Å². The van der Waals surface area contributed by atoms with Crippen LogP contribution in [0.15, 0.2) is 16.8 Å². The van der Waals surface area contributed by atoms with Crippen LogP contribution in [0, 0.1) is 5.92 Å². The molecule has 2 saturated heterocycles. The van der Waals surface area contributed by atoms with Crippen LogP contribution in [-0.2, 0) is 14.6 Å². The minimum Gasteiger partial charge on any atom is -0.335 e. The molecule has 6 heteroatoms. The minimum atomic E-state index is -2.99. The van der Waals surface area contributed by atoms with Crippen LogP contribution in [0.4, 0.5) is 0 Å². The highest BCUT2D eigenvalue weighted by molar-refractivity contribution is 7.91. The maximum Gasteiger partial charge on any atom is 0.227 e. The van der Waals surface area contributed by atoms with E-state index in [1.807, 2.05) is 10.3 Å². The molecule has 2 atom stereocenters. The van der Waals surface area contributed by atoms with Crippen molar-refractivity contribution in [1.82, 2.24) is 4.90 Å². The van der Waals surface area contributed by atoms with E-state index in [-0.39, 0.29) is 29.4 Å². The lowest BCUT2D eigenvalue weighted by Gasteiger charge is -2.26. The summed E-state index contributed by atoms with van der Waals surface area (Å²) < 4.78 is 23.0. The summed E-state index contributed by atoms with van der Waals surface area (Å²) >= 11 is 1.64. The van der Waals surface area contributed by atoms with Crippen molar-refractivity contribution in [2.24, 2.45) is 5.92 Å². The van der Waals surface area contributed by atoms with Gasteiger partial charge < -0.3 is 4.90 Å². The fraction of sp³-hybridized carbons (Fsp3) is 0.615. The summed E-state index contributed by atoms with van der Waals surface area (Å²) in [5.74, 6) is -0.0713. The van der Waals surface area contributed by atoms with Crippen molar-refractivity contribution in [2.45, 2.75) is 25.3 Å². The van der Waals surface area contributed by atoms with Crippen LogP contribution in [0.25, 0.3) is 0 Å². The summed E-state index contributed by atoms with van der Waals surface area (Å²) in [6.45, 7) is 0.760. The highest BCUT2D eigenvalue weighted by atomic mass is 32.2. The van der Waals surface area contributed by atoms with Gasteiger partial charge in [0.25, 0.3) is 0 Å². The quantitative estimate of drug-likeness (QED) is 0.837. The SMILES string of the molecule is O=C(C1CCS(=O)(=O)C1)N1CCCC1c1ccsc1. The number of thiophene rings is 1. The van der Waals surface area contributed by atoms with Crippen molar-refractivity contribution in [1.29, 1.82) is 0 Å². The molecule has 3 heterocycles. The second kappa shape index (κ2) is 4.90. The van der Waals surface area contributed by atoms with Gasteiger partial charge in [0.2, 0.25) is 5.91 Å². The molecule has 0 N–H and O–H groups in total. The third-order valence-corrected chi connectivity index (χ3v) is 6.51. The predicted molar refractivity (Wildman–Crippen MR) is 74.8 cm³/mol. The van der Waals surface area contributed by atoms with Crippen LogP contribution >= 0.6 is 11.3 Å². The Morgan fingerprint density at radius 3 is 2.84 bits per heavy atom. The van der Waals surface area contributed by atoms with Crippen LogP contribution < -0.4 is 0 Å². The molecule has 1 aromatic rings. The molecule has 0 spiro atoms. The molecule has 0 saturated carbocycles. The molecular weight excluding hydrogens is 282 g/mol. The molecule has 2 aliphatic rings. The van der Waals surface area contributed by atoms with Gasteiger partial charge in [0.15, 0.2) is 9.84 Å². The highest BCUT2D eigenvalue weighted by Gasteiger charge is 2.39. The van der Waals surface area contributed by atoms with Gasteiger partial charge in [-0.1, -0.05) is 0 Å². The Morgan fingerprint density at radius 1 is 1.37 bits per heavy atom. The molecular formula is C13H17NO3S2. The summed E-state index contributed by atoms with van der Waals surface area (Å²) in [4.78, 5) is 14.4. The van der Waals surface area contributed by atoms with Crippen LogP contribution in [0.5, 0.6) is 0 Å². The molecule has 104 valence electrons. The monoisotopic (exact) mass is 299 g/mol. The predicted octanol–water partition coefficient (Wildman–Crippen LogP) is 1.85. The standard InChI is InChI=1S/C13H17NO3S2/c15-13(11-4-7-19(16,17)9-11)14-5-1-2-12(14)10-3-6-18-8-10/h3,6,8,11-12H,1-2,4-5,7,9H2. The average Bonchev–Trinajstić information content (AvgIpc) is 3.06. The summed E-state index contributed by atoms with van der Waals surface area (Å²) in [5.41, 5.74) is 1.19. The number of sulfone groups is 1. The molecule has 1 aromatic heterocycles. The van der Waals surface area contributed by atoms with Gasteiger partial charge in [-0.25, -0.2) is 8.42 Å². The second-order valence-electron chi connectivity index (χ2n) is 5.35. The second-order valence-corrected chi connectivity index (χ2v) is 8.36. The van der Waals surface area contributed by atoms with Gasteiger partial charge in [-0.2, -0.15) is 11.3 Å². The van der Waals surface area contributed by atoms with Gasteiger partial charge in [-0.05, 0) is 41.7 Å². The van der Waals surface area contributed by atoms with Crippen LogP contribution in [0.1, 0.15) is 30.9 Å². The Bertz CT molecular complexity index is 565. The first-order valence-electron chi connectivity index (χ1n) is 6.60. The van der Waals surface area contributed by atoms with E-state index in [2.05, 4.69) is 11.4 Å². The molecule has 2 unspecified atom stereocenters. The molecule has 2 aliphatic heterocycles. The fourth-order valence-electron chi connectivity index (χ4n) is 3.07. The van der Waals surface area contributed by atoms with E-state index < -0.39 is 9.84 Å². The molecule has 4 nitrogen and oxygen atoms in total. The van der Waals surface area contributed by atoms with Crippen molar-refractivity contribution in [3.63, 3.8) is 0 Å². The molecule has 2 fully saturated rings. The van der Waals surface area contributed by atoms with Gasteiger partial charge in [0, 0.05) is 6.54 Å². The van der Waals surface area contributed by atoms with Crippen molar-refractivity contribution in [3.05, 3.63) is 22.4 Å². The number of hydrogen-bond acceptors (Lipinski definition) is 4. The van der Waals surface area contributed by atoms with E-state index in [1.54, 1.807) is 11.3 Å². The number of hydrogen-bond donors (Lipinski definition) is 0. The Balaban J connectivity index is 1.76. The summed E-state index contributed by atoms with van der Waals surface area (Å²) in [6, 6.07) is 2.22. The van der Waals surface area contributed by atoms with E-state index in [0.29, 0.717) is 6.42 Å². The van der Waals surface area contributed by atoms with Gasteiger partial charge in [-0.3, -0.25) is 4.79 Å². The third-order valence-electron chi connectivity index (χ3n) is 4.05. The normalized spacial score (nSPS) is 29.8. The zero-order chi connectivity index (χ0) is 13.5. The third kappa shape index (κ3) is 2.56. The zero-order valence-electron chi connectivity index (χ0n) is 10.6. The van der Waals surface area contributed by atoms with Crippen molar-refractivity contribution in [2.75, 3.05) is 18.1 Å². The molecule has 3 rings (SSSR count). The minimum absolute atomic E-state index is 0.0368. The average molecular weight is 299 g/mol. The van der Waals surface area contributed by atoms with Gasteiger partial charge in [0.05, 0.1) is 23.5 Å². The Hall–Kier alpha value is -0.880. The Morgan fingerprint density at radius 2 is 2.21 bits per heavy atom. The van der Waals surface area contributed by atoms with E-state index in [9.17, 15) is 13.2 Å². The van der Waals surface area contributed by atoms with E-state index in [0.717, 1.165) is 19.4 Å². The van der Waals surface area contributed by atoms with Gasteiger partial charge >= 0.3 is 0 Å². The van der Waals surface area contributed by atoms with Crippen LogP contribution in [-0.4, -0.2) is 37.3 Å². The van der Waals surface area contributed by atoms with Crippen LogP contribution in [0.3, 0.4) is 0 Å². The number of carbonyl (C=O) groups is 1. The molecule has 0 radical (unpaired) electrons. The smallest absolute Gasteiger partial charge is 0.227 e. The van der Waals surface area contributed by atoms with E-state index >= 15 is 0 Å². The van der Waals surface area contributed by atoms with Gasteiger partial charge in [-0.15, -0.1) is 0 Å². The molecule has 0 aliphatic carbocycles. The topological polar surface area (TPSA) is 54.5 Å². The molecule has 19 heavy (non-hydrogen) atoms.